The average molecular weight is 229 g/mol. The molecule has 2 aromatic rings. The maximum absolute atomic E-state index is 4.48. The van der Waals surface area contributed by atoms with Crippen molar-refractivity contribution in [2.75, 3.05) is 6.54 Å². The minimum atomic E-state index is 0.883. The standard InChI is InChI=1S/C14H19N3/c1-4-15-9-13-10-16-17(12(13)3)14-8-6-5-7-11(14)2/h5-8,10,15H,4,9H2,1-3H3. The zero-order valence-corrected chi connectivity index (χ0v) is 10.7. The maximum atomic E-state index is 4.48. The van der Waals surface area contributed by atoms with Crippen molar-refractivity contribution in [2.45, 2.75) is 27.3 Å². The smallest absolute Gasteiger partial charge is 0.0677 e. The summed E-state index contributed by atoms with van der Waals surface area (Å²) >= 11 is 0. The summed E-state index contributed by atoms with van der Waals surface area (Å²) in [5.41, 5.74) is 4.87. The van der Waals surface area contributed by atoms with Crippen LogP contribution in [0.5, 0.6) is 0 Å². The van der Waals surface area contributed by atoms with Crippen molar-refractivity contribution in [3.63, 3.8) is 0 Å². The molecule has 1 heterocycles. The van der Waals surface area contributed by atoms with Gasteiger partial charge in [-0.1, -0.05) is 25.1 Å². The normalized spacial score (nSPS) is 10.8. The molecule has 0 saturated carbocycles. The number of nitrogens with one attached hydrogen (secondary N) is 1. The average Bonchev–Trinajstić information content (AvgIpc) is 2.69. The van der Waals surface area contributed by atoms with E-state index >= 15 is 0 Å². The van der Waals surface area contributed by atoms with E-state index in [0.29, 0.717) is 0 Å². The fraction of sp³-hybridized carbons (Fsp3) is 0.357. The van der Waals surface area contributed by atoms with Crippen molar-refractivity contribution in [1.29, 1.82) is 0 Å². The third kappa shape index (κ3) is 2.39. The SMILES string of the molecule is CCNCc1cnn(-c2ccccc2C)c1C. The van der Waals surface area contributed by atoms with Crippen LogP contribution in [0.3, 0.4) is 0 Å². The molecule has 1 aromatic carbocycles. The van der Waals surface area contributed by atoms with Gasteiger partial charge >= 0.3 is 0 Å². The highest BCUT2D eigenvalue weighted by molar-refractivity contribution is 5.41. The van der Waals surface area contributed by atoms with Gasteiger partial charge in [-0.25, -0.2) is 4.68 Å². The molecular formula is C14H19N3. The Bertz CT molecular complexity index is 500. The fourth-order valence-electron chi connectivity index (χ4n) is 1.92. The molecule has 17 heavy (non-hydrogen) atoms. The van der Waals surface area contributed by atoms with E-state index in [-0.39, 0.29) is 0 Å². The Morgan fingerprint density at radius 2 is 2.00 bits per heavy atom. The van der Waals surface area contributed by atoms with E-state index in [1.54, 1.807) is 0 Å². The van der Waals surface area contributed by atoms with Crippen LogP contribution in [0, 0.1) is 13.8 Å². The lowest BCUT2D eigenvalue weighted by Crippen LogP contribution is -2.12. The van der Waals surface area contributed by atoms with Gasteiger partial charge in [-0.15, -0.1) is 0 Å². The lowest BCUT2D eigenvalue weighted by molar-refractivity contribution is 0.721. The molecule has 0 unspecified atom stereocenters. The molecule has 0 saturated heterocycles. The monoisotopic (exact) mass is 229 g/mol. The largest absolute Gasteiger partial charge is 0.313 e. The highest BCUT2D eigenvalue weighted by Gasteiger charge is 2.08. The van der Waals surface area contributed by atoms with E-state index in [4.69, 9.17) is 0 Å². The summed E-state index contributed by atoms with van der Waals surface area (Å²) in [5.74, 6) is 0. The molecule has 0 spiro atoms. The first-order valence-corrected chi connectivity index (χ1v) is 6.04. The first kappa shape index (κ1) is 11.9. The van der Waals surface area contributed by atoms with Gasteiger partial charge < -0.3 is 5.32 Å². The van der Waals surface area contributed by atoms with Crippen LogP contribution in [0.15, 0.2) is 30.5 Å². The Balaban J connectivity index is 2.34. The van der Waals surface area contributed by atoms with Gasteiger partial charge in [0.25, 0.3) is 0 Å². The zero-order chi connectivity index (χ0) is 12.3. The van der Waals surface area contributed by atoms with Crippen molar-refractivity contribution >= 4 is 0 Å². The van der Waals surface area contributed by atoms with Crippen LogP contribution >= 0.6 is 0 Å². The Morgan fingerprint density at radius 1 is 1.24 bits per heavy atom. The Labute approximate surface area is 102 Å². The second kappa shape index (κ2) is 5.15. The summed E-state index contributed by atoms with van der Waals surface area (Å²) in [6, 6.07) is 8.32. The van der Waals surface area contributed by atoms with Crippen LogP contribution in [-0.2, 0) is 6.54 Å². The van der Waals surface area contributed by atoms with Gasteiger partial charge in [0.05, 0.1) is 11.9 Å². The molecule has 0 aliphatic heterocycles. The minimum absolute atomic E-state index is 0.883. The van der Waals surface area contributed by atoms with Crippen LogP contribution in [0.4, 0.5) is 0 Å². The quantitative estimate of drug-likeness (QED) is 0.873. The summed E-state index contributed by atoms with van der Waals surface area (Å²) in [7, 11) is 0. The molecular weight excluding hydrogens is 210 g/mol. The molecule has 0 aliphatic rings. The number of para-hydroxylation sites is 1. The van der Waals surface area contributed by atoms with Crippen molar-refractivity contribution in [1.82, 2.24) is 15.1 Å². The van der Waals surface area contributed by atoms with E-state index < -0.39 is 0 Å². The number of aromatic nitrogens is 2. The predicted octanol–water partition coefficient (Wildman–Crippen LogP) is 2.60. The summed E-state index contributed by atoms with van der Waals surface area (Å²) in [6.45, 7) is 8.21. The minimum Gasteiger partial charge on any atom is -0.313 e. The van der Waals surface area contributed by atoms with Gasteiger partial charge in [0, 0.05) is 17.8 Å². The van der Waals surface area contributed by atoms with E-state index in [9.17, 15) is 0 Å². The highest BCUT2D eigenvalue weighted by atomic mass is 15.3. The van der Waals surface area contributed by atoms with Gasteiger partial charge in [-0.05, 0) is 32.0 Å². The van der Waals surface area contributed by atoms with Crippen LogP contribution in [0.1, 0.15) is 23.7 Å². The summed E-state index contributed by atoms with van der Waals surface area (Å²) < 4.78 is 2.02. The number of rotatable bonds is 4. The molecule has 3 heteroatoms. The lowest BCUT2D eigenvalue weighted by Gasteiger charge is -2.08. The molecule has 0 amide bonds. The molecule has 0 fully saturated rings. The first-order valence-electron chi connectivity index (χ1n) is 6.04. The maximum Gasteiger partial charge on any atom is 0.0677 e. The molecule has 0 atom stereocenters. The van der Waals surface area contributed by atoms with Gasteiger partial charge in [0.15, 0.2) is 0 Å². The number of nitrogens with zero attached hydrogens (tertiary/aromatic N) is 2. The molecule has 3 nitrogen and oxygen atoms in total. The molecule has 1 N–H and O–H groups in total. The van der Waals surface area contributed by atoms with Gasteiger partial charge in [0.2, 0.25) is 0 Å². The second-order valence-electron chi connectivity index (χ2n) is 4.23. The van der Waals surface area contributed by atoms with Crippen LogP contribution in [-0.4, -0.2) is 16.3 Å². The van der Waals surface area contributed by atoms with E-state index in [0.717, 1.165) is 18.8 Å². The first-order chi connectivity index (χ1) is 8.24. The van der Waals surface area contributed by atoms with E-state index in [2.05, 4.69) is 49.4 Å². The topological polar surface area (TPSA) is 29.9 Å². The Hall–Kier alpha value is -1.61. The fourth-order valence-corrected chi connectivity index (χ4v) is 1.92. The van der Waals surface area contributed by atoms with Crippen LogP contribution < -0.4 is 5.32 Å². The summed E-state index contributed by atoms with van der Waals surface area (Å²) in [4.78, 5) is 0. The Morgan fingerprint density at radius 3 is 2.71 bits per heavy atom. The predicted molar refractivity (Wildman–Crippen MR) is 70.4 cm³/mol. The molecule has 0 aliphatic carbocycles. The van der Waals surface area contributed by atoms with Crippen molar-refractivity contribution in [3.8, 4) is 5.69 Å². The Kier molecular flexibility index (Phi) is 3.59. The van der Waals surface area contributed by atoms with E-state index in [1.165, 1.54) is 16.8 Å². The highest BCUT2D eigenvalue weighted by Crippen LogP contribution is 2.17. The summed E-state index contributed by atoms with van der Waals surface area (Å²) in [5, 5.41) is 7.81. The van der Waals surface area contributed by atoms with Crippen molar-refractivity contribution in [3.05, 3.63) is 47.3 Å². The van der Waals surface area contributed by atoms with Gasteiger partial charge in [0.1, 0.15) is 0 Å². The molecule has 90 valence electrons. The summed E-state index contributed by atoms with van der Waals surface area (Å²) in [6.07, 6.45) is 1.95. The van der Waals surface area contributed by atoms with Crippen molar-refractivity contribution in [2.24, 2.45) is 0 Å². The second-order valence-corrected chi connectivity index (χ2v) is 4.23. The molecule has 1 aromatic heterocycles. The molecule has 0 bridgehead atoms. The molecule has 2 rings (SSSR count). The van der Waals surface area contributed by atoms with Gasteiger partial charge in [-0.2, -0.15) is 5.10 Å². The third-order valence-electron chi connectivity index (χ3n) is 3.02. The van der Waals surface area contributed by atoms with Crippen molar-refractivity contribution < 1.29 is 0 Å². The third-order valence-corrected chi connectivity index (χ3v) is 3.02. The molecule has 0 radical (unpaired) electrons. The number of benzene rings is 1. The number of aryl methyl sites for hydroxylation is 1. The zero-order valence-electron chi connectivity index (χ0n) is 10.7. The van der Waals surface area contributed by atoms with E-state index in [1.807, 2.05) is 16.9 Å². The van der Waals surface area contributed by atoms with Crippen LogP contribution in [0.2, 0.25) is 0 Å². The van der Waals surface area contributed by atoms with Crippen LogP contribution in [0.25, 0.3) is 5.69 Å². The number of hydrogen-bond donors (Lipinski definition) is 1. The lowest BCUT2D eigenvalue weighted by atomic mass is 10.2. The number of hydrogen-bond acceptors (Lipinski definition) is 2. The van der Waals surface area contributed by atoms with Gasteiger partial charge in [-0.3, -0.25) is 0 Å².